The summed E-state index contributed by atoms with van der Waals surface area (Å²) in [6.07, 6.45) is -0.701. The van der Waals surface area contributed by atoms with Crippen LogP contribution in [0.25, 0.3) is 0 Å². The second kappa shape index (κ2) is 6.67. The Kier molecular flexibility index (Phi) is 5.43. The van der Waals surface area contributed by atoms with Gasteiger partial charge in [-0.25, -0.2) is 0 Å². The zero-order valence-corrected chi connectivity index (χ0v) is 13.3. The Morgan fingerprint density at radius 3 is 2.14 bits per heavy atom. The molecule has 0 bridgehead atoms. The number of carbonyl (C=O) groups excluding carboxylic acids is 1. The summed E-state index contributed by atoms with van der Waals surface area (Å²) in [5, 5.41) is 12.5. The van der Waals surface area contributed by atoms with Crippen molar-refractivity contribution in [2.75, 3.05) is 21.3 Å². The first kappa shape index (κ1) is 17.1. The van der Waals surface area contributed by atoms with Crippen LogP contribution in [0.4, 0.5) is 0 Å². The zero-order valence-electron chi connectivity index (χ0n) is 13.3. The number of hydrogen-bond donors (Lipinski definition) is 2. The van der Waals surface area contributed by atoms with E-state index in [1.165, 1.54) is 21.3 Å². The predicted octanol–water partition coefficient (Wildman–Crippen LogP) is 1.60. The van der Waals surface area contributed by atoms with Gasteiger partial charge in [0, 0.05) is 0 Å². The van der Waals surface area contributed by atoms with Crippen molar-refractivity contribution in [1.82, 2.24) is 5.32 Å². The molecule has 0 aliphatic heterocycles. The maximum absolute atomic E-state index is 12.4. The lowest BCUT2D eigenvalue weighted by molar-refractivity contribution is 0.0706. The average molecular weight is 297 g/mol. The second-order valence-electron chi connectivity index (χ2n) is 5.23. The largest absolute Gasteiger partial charge is 0.493 e. The van der Waals surface area contributed by atoms with Crippen molar-refractivity contribution in [3.63, 3.8) is 0 Å². The molecule has 0 saturated carbocycles. The van der Waals surface area contributed by atoms with E-state index in [1.807, 2.05) is 0 Å². The molecule has 2 N–H and O–H groups in total. The summed E-state index contributed by atoms with van der Waals surface area (Å²) < 4.78 is 15.7. The first-order valence-electron chi connectivity index (χ1n) is 6.58. The Balaban J connectivity index is 3.22. The fraction of sp³-hybridized carbons (Fsp3) is 0.533. The third-order valence-electron chi connectivity index (χ3n) is 3.43. The van der Waals surface area contributed by atoms with Gasteiger partial charge >= 0.3 is 0 Å². The molecule has 0 aromatic heterocycles. The number of ether oxygens (including phenoxy) is 3. The number of amides is 1. The normalized spacial score (nSPS) is 12.5. The van der Waals surface area contributed by atoms with Gasteiger partial charge in [0.15, 0.2) is 11.5 Å². The van der Waals surface area contributed by atoms with Crippen LogP contribution in [0.15, 0.2) is 12.1 Å². The molecule has 6 heteroatoms. The van der Waals surface area contributed by atoms with Gasteiger partial charge in [0.25, 0.3) is 5.91 Å². The molecule has 0 aliphatic carbocycles. The third-order valence-corrected chi connectivity index (χ3v) is 3.43. The molecule has 1 aromatic rings. The lowest BCUT2D eigenvalue weighted by Crippen LogP contribution is -2.51. The number of carbonyl (C=O) groups is 1. The minimum atomic E-state index is -0.769. The summed E-state index contributed by atoms with van der Waals surface area (Å²) >= 11 is 0. The molecule has 21 heavy (non-hydrogen) atoms. The summed E-state index contributed by atoms with van der Waals surface area (Å²) in [7, 11) is 4.43. The van der Waals surface area contributed by atoms with Gasteiger partial charge in [-0.15, -0.1) is 0 Å². The van der Waals surface area contributed by atoms with Gasteiger partial charge < -0.3 is 24.6 Å². The topological polar surface area (TPSA) is 77.0 Å². The molecular weight excluding hydrogens is 274 g/mol. The van der Waals surface area contributed by atoms with Gasteiger partial charge in [0.05, 0.1) is 38.5 Å². The lowest BCUT2D eigenvalue weighted by atomic mass is 9.98. The monoisotopic (exact) mass is 297 g/mol. The van der Waals surface area contributed by atoms with Crippen molar-refractivity contribution in [3.8, 4) is 17.2 Å². The molecule has 1 amide bonds. The molecular formula is C15H23NO5. The molecule has 0 spiro atoms. The highest BCUT2D eigenvalue weighted by molar-refractivity contribution is 5.98. The van der Waals surface area contributed by atoms with Crippen molar-refractivity contribution in [1.29, 1.82) is 0 Å². The summed E-state index contributed by atoms with van der Waals surface area (Å²) in [6.45, 7) is 5.09. The van der Waals surface area contributed by atoms with E-state index in [-0.39, 0.29) is 11.7 Å². The highest BCUT2D eigenvalue weighted by Gasteiger charge is 2.29. The van der Waals surface area contributed by atoms with Crippen LogP contribution in [0.2, 0.25) is 0 Å². The molecule has 0 heterocycles. The Morgan fingerprint density at radius 2 is 1.71 bits per heavy atom. The predicted molar refractivity (Wildman–Crippen MR) is 79.3 cm³/mol. The maximum atomic E-state index is 12.4. The SMILES string of the molecule is COc1ccc(C(=O)NC(C)(C)C(C)O)c(OC)c1OC. The minimum absolute atomic E-state index is 0.288. The van der Waals surface area contributed by atoms with Crippen LogP contribution < -0.4 is 19.5 Å². The molecule has 1 unspecified atom stereocenters. The molecule has 118 valence electrons. The molecule has 1 aromatic carbocycles. The molecule has 1 atom stereocenters. The van der Waals surface area contributed by atoms with E-state index in [2.05, 4.69) is 5.32 Å². The van der Waals surface area contributed by atoms with Gasteiger partial charge in [-0.1, -0.05) is 0 Å². The zero-order chi connectivity index (χ0) is 16.2. The van der Waals surface area contributed by atoms with E-state index in [4.69, 9.17) is 14.2 Å². The molecule has 0 radical (unpaired) electrons. The molecule has 0 fully saturated rings. The van der Waals surface area contributed by atoms with Gasteiger partial charge in [0.1, 0.15) is 0 Å². The summed E-state index contributed by atoms with van der Waals surface area (Å²) in [5.41, 5.74) is -0.459. The van der Waals surface area contributed by atoms with Gasteiger partial charge in [-0.2, -0.15) is 0 Å². The van der Waals surface area contributed by atoms with Crippen LogP contribution >= 0.6 is 0 Å². The molecule has 0 saturated heterocycles. The first-order valence-corrected chi connectivity index (χ1v) is 6.58. The lowest BCUT2D eigenvalue weighted by Gasteiger charge is -2.29. The Hall–Kier alpha value is -1.95. The van der Waals surface area contributed by atoms with Crippen LogP contribution in [0, 0.1) is 0 Å². The van der Waals surface area contributed by atoms with Crippen LogP contribution in [0.3, 0.4) is 0 Å². The first-order chi connectivity index (χ1) is 9.78. The molecule has 6 nitrogen and oxygen atoms in total. The number of benzene rings is 1. The van der Waals surface area contributed by atoms with Crippen LogP contribution in [-0.2, 0) is 0 Å². The Labute approximate surface area is 125 Å². The molecule has 1 rings (SSSR count). The minimum Gasteiger partial charge on any atom is -0.493 e. The summed E-state index contributed by atoms with van der Waals surface area (Å²) in [5.74, 6) is 0.748. The van der Waals surface area contributed by atoms with Gasteiger partial charge in [0.2, 0.25) is 5.75 Å². The standard InChI is InChI=1S/C15H23NO5/c1-9(17)15(2,3)16-14(18)10-7-8-11(19-4)13(21-6)12(10)20-5/h7-9,17H,1-6H3,(H,16,18). The van der Waals surface area contributed by atoms with Crippen LogP contribution in [0.5, 0.6) is 17.2 Å². The number of rotatable bonds is 6. The van der Waals surface area contributed by atoms with Gasteiger partial charge in [-0.05, 0) is 32.9 Å². The average Bonchev–Trinajstić information content (AvgIpc) is 2.44. The van der Waals surface area contributed by atoms with Crippen molar-refractivity contribution < 1.29 is 24.1 Å². The fourth-order valence-electron chi connectivity index (χ4n) is 1.74. The summed E-state index contributed by atoms with van der Waals surface area (Å²) in [4.78, 5) is 12.4. The van der Waals surface area contributed by atoms with E-state index in [1.54, 1.807) is 32.9 Å². The summed E-state index contributed by atoms with van der Waals surface area (Å²) in [6, 6.07) is 3.22. The Morgan fingerprint density at radius 1 is 1.14 bits per heavy atom. The quantitative estimate of drug-likeness (QED) is 0.834. The van der Waals surface area contributed by atoms with E-state index in [0.29, 0.717) is 17.1 Å². The van der Waals surface area contributed by atoms with E-state index >= 15 is 0 Å². The van der Waals surface area contributed by atoms with Crippen LogP contribution in [-0.4, -0.2) is 44.0 Å². The van der Waals surface area contributed by atoms with Crippen LogP contribution in [0.1, 0.15) is 31.1 Å². The smallest absolute Gasteiger partial charge is 0.255 e. The number of aliphatic hydroxyl groups excluding tert-OH is 1. The van der Waals surface area contributed by atoms with E-state index < -0.39 is 11.6 Å². The number of nitrogens with one attached hydrogen (secondary N) is 1. The van der Waals surface area contributed by atoms with E-state index in [9.17, 15) is 9.90 Å². The fourth-order valence-corrected chi connectivity index (χ4v) is 1.74. The Bertz CT molecular complexity index is 511. The van der Waals surface area contributed by atoms with Gasteiger partial charge in [-0.3, -0.25) is 4.79 Å². The maximum Gasteiger partial charge on any atom is 0.255 e. The second-order valence-corrected chi connectivity index (χ2v) is 5.23. The third kappa shape index (κ3) is 3.58. The number of hydrogen-bond acceptors (Lipinski definition) is 5. The highest BCUT2D eigenvalue weighted by Crippen LogP contribution is 2.39. The van der Waals surface area contributed by atoms with Crippen molar-refractivity contribution in [2.45, 2.75) is 32.4 Å². The van der Waals surface area contributed by atoms with Crippen molar-refractivity contribution >= 4 is 5.91 Å². The number of aliphatic hydroxyl groups is 1. The highest BCUT2D eigenvalue weighted by atomic mass is 16.5. The van der Waals surface area contributed by atoms with Crippen molar-refractivity contribution in [2.24, 2.45) is 0 Å². The number of methoxy groups -OCH3 is 3. The van der Waals surface area contributed by atoms with E-state index in [0.717, 1.165) is 0 Å². The molecule has 0 aliphatic rings. The van der Waals surface area contributed by atoms with Crippen molar-refractivity contribution in [3.05, 3.63) is 17.7 Å².